The van der Waals surface area contributed by atoms with Crippen LogP contribution in [0.2, 0.25) is 0 Å². The SMILES string of the molecule is COC(=O)Cc1csc(NC(=O)Cn2cc(C(F)(F)F)ccc2=O)n1. The molecule has 0 saturated carbocycles. The van der Waals surface area contributed by atoms with Crippen molar-refractivity contribution in [2.45, 2.75) is 19.1 Å². The van der Waals surface area contributed by atoms with Crippen LogP contribution in [-0.4, -0.2) is 28.5 Å². The second-order valence-electron chi connectivity index (χ2n) is 4.83. The Morgan fingerprint density at radius 3 is 2.72 bits per heavy atom. The molecule has 0 unspecified atom stereocenters. The van der Waals surface area contributed by atoms with E-state index in [1.807, 2.05) is 0 Å². The van der Waals surface area contributed by atoms with Crippen LogP contribution in [0.5, 0.6) is 0 Å². The van der Waals surface area contributed by atoms with Crippen molar-refractivity contribution in [1.29, 1.82) is 0 Å². The molecule has 0 radical (unpaired) electrons. The lowest BCUT2D eigenvalue weighted by Crippen LogP contribution is -2.28. The fourth-order valence-corrected chi connectivity index (χ4v) is 2.53. The molecule has 1 N–H and O–H groups in total. The number of amides is 1. The van der Waals surface area contributed by atoms with Crippen molar-refractivity contribution in [2.24, 2.45) is 0 Å². The van der Waals surface area contributed by atoms with Gasteiger partial charge in [-0.2, -0.15) is 13.2 Å². The lowest BCUT2D eigenvalue weighted by atomic mass is 10.3. The molecule has 134 valence electrons. The van der Waals surface area contributed by atoms with E-state index >= 15 is 0 Å². The molecule has 11 heteroatoms. The summed E-state index contributed by atoms with van der Waals surface area (Å²) < 4.78 is 43.1. The normalized spacial score (nSPS) is 11.2. The summed E-state index contributed by atoms with van der Waals surface area (Å²) in [5, 5.41) is 4.05. The lowest BCUT2D eigenvalue weighted by Gasteiger charge is -2.10. The molecule has 0 aromatic carbocycles. The quantitative estimate of drug-likeness (QED) is 0.803. The maximum atomic E-state index is 12.7. The highest BCUT2D eigenvalue weighted by Crippen LogP contribution is 2.28. The van der Waals surface area contributed by atoms with E-state index in [0.717, 1.165) is 17.4 Å². The van der Waals surface area contributed by atoms with Gasteiger partial charge in [-0.05, 0) is 6.07 Å². The number of anilines is 1. The van der Waals surface area contributed by atoms with Crippen molar-refractivity contribution in [2.75, 3.05) is 12.4 Å². The monoisotopic (exact) mass is 375 g/mol. The van der Waals surface area contributed by atoms with Crippen molar-refractivity contribution in [3.8, 4) is 0 Å². The molecule has 0 aliphatic rings. The molecule has 2 heterocycles. The Kier molecular flexibility index (Phi) is 5.57. The summed E-state index contributed by atoms with van der Waals surface area (Å²) in [6, 6.07) is 1.39. The van der Waals surface area contributed by atoms with E-state index in [9.17, 15) is 27.6 Å². The van der Waals surface area contributed by atoms with Crippen LogP contribution in [0.15, 0.2) is 28.5 Å². The van der Waals surface area contributed by atoms with E-state index in [4.69, 9.17) is 0 Å². The van der Waals surface area contributed by atoms with Crippen molar-refractivity contribution in [3.05, 3.63) is 45.3 Å². The molecule has 0 spiro atoms. The fourth-order valence-electron chi connectivity index (χ4n) is 1.80. The molecule has 0 fully saturated rings. The number of carbonyl (C=O) groups excluding carboxylic acids is 2. The molecule has 1 amide bonds. The first-order chi connectivity index (χ1) is 11.7. The third kappa shape index (κ3) is 5.14. The minimum Gasteiger partial charge on any atom is -0.469 e. The zero-order valence-electron chi connectivity index (χ0n) is 12.8. The molecule has 2 aromatic heterocycles. The van der Waals surface area contributed by atoms with Crippen LogP contribution in [0, 0.1) is 0 Å². The predicted octanol–water partition coefficient (Wildman–Crippen LogP) is 1.68. The number of nitrogens with zero attached hydrogens (tertiary/aromatic N) is 2. The second kappa shape index (κ2) is 7.47. The van der Waals surface area contributed by atoms with Gasteiger partial charge in [-0.3, -0.25) is 14.4 Å². The third-order valence-corrected chi connectivity index (χ3v) is 3.78. The molecule has 25 heavy (non-hydrogen) atoms. The highest BCUT2D eigenvalue weighted by molar-refractivity contribution is 7.13. The molecule has 2 aromatic rings. The predicted molar refractivity (Wildman–Crippen MR) is 82.2 cm³/mol. The molecular weight excluding hydrogens is 363 g/mol. The van der Waals surface area contributed by atoms with Crippen LogP contribution in [0.4, 0.5) is 18.3 Å². The summed E-state index contributed by atoms with van der Waals surface area (Å²) in [7, 11) is 1.23. The first-order valence-corrected chi connectivity index (χ1v) is 7.66. The van der Waals surface area contributed by atoms with E-state index in [1.54, 1.807) is 0 Å². The van der Waals surface area contributed by atoms with Crippen molar-refractivity contribution in [1.82, 2.24) is 9.55 Å². The maximum Gasteiger partial charge on any atom is 0.417 e. The fraction of sp³-hybridized carbons (Fsp3) is 0.286. The Bertz CT molecular complexity index is 844. The average molecular weight is 375 g/mol. The highest BCUT2D eigenvalue weighted by Gasteiger charge is 2.31. The Hall–Kier alpha value is -2.69. The van der Waals surface area contributed by atoms with Gasteiger partial charge >= 0.3 is 12.1 Å². The molecule has 0 aliphatic heterocycles. The summed E-state index contributed by atoms with van der Waals surface area (Å²) in [4.78, 5) is 38.6. The van der Waals surface area contributed by atoms with Crippen molar-refractivity contribution < 1.29 is 27.5 Å². The minimum atomic E-state index is -4.62. The Morgan fingerprint density at radius 2 is 2.08 bits per heavy atom. The molecule has 0 aliphatic carbocycles. The van der Waals surface area contributed by atoms with E-state index in [2.05, 4.69) is 15.0 Å². The van der Waals surface area contributed by atoms with Crippen LogP contribution in [-0.2, 0) is 33.5 Å². The highest BCUT2D eigenvalue weighted by atomic mass is 32.1. The van der Waals surface area contributed by atoms with Gasteiger partial charge in [-0.15, -0.1) is 11.3 Å². The van der Waals surface area contributed by atoms with Crippen LogP contribution >= 0.6 is 11.3 Å². The number of pyridine rings is 1. The lowest BCUT2D eigenvalue weighted by molar-refractivity contribution is -0.140. The summed E-state index contributed by atoms with van der Waals surface area (Å²) >= 11 is 1.03. The standard InChI is InChI=1S/C14H12F3N3O4S/c1-24-12(23)4-9-7-25-13(18-9)19-10(21)6-20-5-8(14(15,16)17)2-3-11(20)22/h2-3,5,7H,4,6H2,1H3,(H,18,19,21). The number of halogens is 3. The largest absolute Gasteiger partial charge is 0.469 e. The molecule has 0 atom stereocenters. The average Bonchev–Trinajstić information content (AvgIpc) is 2.95. The number of hydrogen-bond acceptors (Lipinski definition) is 6. The topological polar surface area (TPSA) is 90.3 Å². The van der Waals surface area contributed by atoms with Gasteiger partial charge in [-0.25, -0.2) is 4.98 Å². The smallest absolute Gasteiger partial charge is 0.417 e. The third-order valence-electron chi connectivity index (χ3n) is 2.98. The first kappa shape index (κ1) is 18.6. The number of nitrogens with one attached hydrogen (secondary N) is 1. The number of hydrogen-bond donors (Lipinski definition) is 1. The molecule has 7 nitrogen and oxygen atoms in total. The van der Waals surface area contributed by atoms with Gasteiger partial charge in [-0.1, -0.05) is 0 Å². The Labute approximate surface area is 143 Å². The number of esters is 1. The van der Waals surface area contributed by atoms with Crippen LogP contribution in [0.1, 0.15) is 11.3 Å². The Balaban J connectivity index is 2.06. The van der Waals surface area contributed by atoms with Gasteiger partial charge in [0.15, 0.2) is 5.13 Å². The Morgan fingerprint density at radius 1 is 1.36 bits per heavy atom. The van der Waals surface area contributed by atoms with Gasteiger partial charge in [0.25, 0.3) is 5.56 Å². The molecule has 2 rings (SSSR count). The molecular formula is C14H12F3N3O4S. The van der Waals surface area contributed by atoms with E-state index in [1.165, 1.54) is 12.5 Å². The van der Waals surface area contributed by atoms with Crippen LogP contribution in [0.25, 0.3) is 0 Å². The molecule has 0 bridgehead atoms. The van der Waals surface area contributed by atoms with E-state index in [0.29, 0.717) is 22.5 Å². The van der Waals surface area contributed by atoms with Crippen molar-refractivity contribution in [3.63, 3.8) is 0 Å². The number of methoxy groups -OCH3 is 1. The van der Waals surface area contributed by atoms with Crippen LogP contribution < -0.4 is 10.9 Å². The summed E-state index contributed by atoms with van der Waals surface area (Å²) in [6.45, 7) is -0.603. The minimum absolute atomic E-state index is 0.0735. The summed E-state index contributed by atoms with van der Waals surface area (Å²) in [6.07, 6.45) is -4.12. The van der Waals surface area contributed by atoms with Crippen LogP contribution in [0.3, 0.4) is 0 Å². The molecule has 0 saturated heterocycles. The van der Waals surface area contributed by atoms with Gasteiger partial charge in [0.05, 0.1) is 24.8 Å². The van der Waals surface area contributed by atoms with Gasteiger partial charge in [0.2, 0.25) is 5.91 Å². The first-order valence-electron chi connectivity index (χ1n) is 6.78. The zero-order chi connectivity index (χ0) is 18.6. The summed E-state index contributed by atoms with van der Waals surface area (Å²) in [5.41, 5.74) is -1.40. The van der Waals surface area contributed by atoms with Gasteiger partial charge in [0.1, 0.15) is 6.54 Å². The maximum absolute atomic E-state index is 12.7. The van der Waals surface area contributed by atoms with Crippen molar-refractivity contribution >= 4 is 28.3 Å². The zero-order valence-corrected chi connectivity index (χ0v) is 13.6. The number of thiazole rings is 1. The number of carbonyl (C=O) groups is 2. The summed E-state index contributed by atoms with van der Waals surface area (Å²) in [5.74, 6) is -1.22. The number of rotatable bonds is 5. The van der Waals surface area contributed by atoms with E-state index in [-0.39, 0.29) is 11.6 Å². The number of ether oxygens (including phenoxy) is 1. The second-order valence-corrected chi connectivity index (χ2v) is 5.68. The number of aromatic nitrogens is 2. The van der Waals surface area contributed by atoms with Gasteiger partial charge < -0.3 is 14.6 Å². The van der Waals surface area contributed by atoms with Gasteiger partial charge in [0, 0.05) is 17.6 Å². The van der Waals surface area contributed by atoms with E-state index < -0.39 is 35.7 Å². The number of alkyl halides is 3.